The van der Waals surface area contributed by atoms with Crippen LogP contribution in [0.1, 0.15) is 0 Å². The molecular formula is C15H9N3. The number of hydrogen-bond acceptors (Lipinski definition) is 3. The first kappa shape index (κ1) is 9.48. The summed E-state index contributed by atoms with van der Waals surface area (Å²) in [5.74, 6) is 0. The van der Waals surface area contributed by atoms with Gasteiger partial charge in [-0.05, 0) is 24.3 Å². The van der Waals surface area contributed by atoms with E-state index in [1.165, 1.54) is 0 Å². The van der Waals surface area contributed by atoms with Crippen molar-refractivity contribution >= 4 is 21.9 Å². The van der Waals surface area contributed by atoms with Crippen LogP contribution in [-0.2, 0) is 0 Å². The topological polar surface area (TPSA) is 38.7 Å². The lowest BCUT2D eigenvalue weighted by molar-refractivity contribution is 1.36. The van der Waals surface area contributed by atoms with Gasteiger partial charge < -0.3 is 0 Å². The SMILES string of the molecule is c1ccc2c3ccnc4cccnc4c-3nc2c1. The summed E-state index contributed by atoms with van der Waals surface area (Å²) in [6, 6.07) is 14.0. The van der Waals surface area contributed by atoms with Gasteiger partial charge in [-0.2, -0.15) is 0 Å². The molecule has 84 valence electrons. The molecule has 4 rings (SSSR count). The second-order valence-electron chi connectivity index (χ2n) is 4.21. The molecule has 18 heavy (non-hydrogen) atoms. The van der Waals surface area contributed by atoms with E-state index in [0.29, 0.717) is 0 Å². The van der Waals surface area contributed by atoms with Gasteiger partial charge in [0.1, 0.15) is 5.52 Å². The van der Waals surface area contributed by atoms with Crippen molar-refractivity contribution in [2.45, 2.75) is 0 Å². The summed E-state index contributed by atoms with van der Waals surface area (Å²) >= 11 is 0. The highest BCUT2D eigenvalue weighted by molar-refractivity contribution is 6.03. The average Bonchev–Trinajstić information content (AvgIpc) is 2.69. The number of pyridine rings is 1. The Morgan fingerprint density at radius 1 is 0.722 bits per heavy atom. The van der Waals surface area contributed by atoms with E-state index < -0.39 is 0 Å². The number of para-hydroxylation sites is 1. The van der Waals surface area contributed by atoms with Crippen LogP contribution in [-0.4, -0.2) is 15.0 Å². The molecule has 0 amide bonds. The van der Waals surface area contributed by atoms with Gasteiger partial charge in [0.2, 0.25) is 0 Å². The minimum absolute atomic E-state index is 0.855. The summed E-state index contributed by atoms with van der Waals surface area (Å²) in [5.41, 5.74) is 4.76. The summed E-state index contributed by atoms with van der Waals surface area (Å²) in [6.45, 7) is 0. The lowest BCUT2D eigenvalue weighted by Gasteiger charge is -1.94. The Bertz CT molecular complexity index is 839. The number of nitrogens with zero attached hydrogens (tertiary/aromatic N) is 3. The fourth-order valence-corrected chi connectivity index (χ4v) is 2.33. The maximum atomic E-state index is 4.68. The van der Waals surface area contributed by atoms with Gasteiger partial charge in [0.05, 0.1) is 16.7 Å². The molecule has 0 atom stereocenters. The summed E-state index contributed by atoms with van der Waals surface area (Å²) in [5, 5.41) is 1.15. The minimum atomic E-state index is 0.855. The molecule has 0 spiro atoms. The number of fused-ring (bicyclic) bond motifs is 5. The molecule has 2 aromatic rings. The van der Waals surface area contributed by atoms with Gasteiger partial charge in [-0.15, -0.1) is 0 Å². The minimum Gasteiger partial charge on any atom is -0.255 e. The molecule has 0 bridgehead atoms. The Balaban J connectivity index is 2.28. The van der Waals surface area contributed by atoms with Crippen molar-refractivity contribution in [2.75, 3.05) is 0 Å². The lowest BCUT2D eigenvalue weighted by Crippen LogP contribution is -1.80. The zero-order valence-corrected chi connectivity index (χ0v) is 9.54. The molecule has 0 N–H and O–H groups in total. The molecule has 2 aliphatic heterocycles. The first-order chi connectivity index (χ1) is 8.93. The molecule has 3 heterocycles. The van der Waals surface area contributed by atoms with Crippen molar-refractivity contribution in [1.82, 2.24) is 15.0 Å². The summed E-state index contributed by atoms with van der Waals surface area (Å²) < 4.78 is 0. The first-order valence-electron chi connectivity index (χ1n) is 5.82. The van der Waals surface area contributed by atoms with Crippen molar-refractivity contribution in [2.24, 2.45) is 0 Å². The van der Waals surface area contributed by atoms with Crippen LogP contribution in [0.2, 0.25) is 0 Å². The Labute approximate surface area is 103 Å². The molecule has 0 radical (unpaired) electrons. The third kappa shape index (κ3) is 1.21. The average molecular weight is 231 g/mol. The monoisotopic (exact) mass is 231 g/mol. The molecule has 1 aromatic heterocycles. The second kappa shape index (κ2) is 3.47. The van der Waals surface area contributed by atoms with Crippen LogP contribution in [0, 0.1) is 0 Å². The summed E-state index contributed by atoms with van der Waals surface area (Å²) in [7, 11) is 0. The van der Waals surface area contributed by atoms with Crippen LogP contribution in [0.25, 0.3) is 33.2 Å². The Morgan fingerprint density at radius 3 is 2.61 bits per heavy atom. The van der Waals surface area contributed by atoms with E-state index in [1.54, 1.807) is 6.20 Å². The summed E-state index contributed by atoms with van der Waals surface area (Å²) in [6.07, 6.45) is 3.60. The molecule has 1 aromatic carbocycles. The normalized spacial score (nSPS) is 11.3. The highest BCUT2D eigenvalue weighted by atomic mass is 14.8. The van der Waals surface area contributed by atoms with Crippen LogP contribution in [0.15, 0.2) is 54.9 Å². The highest BCUT2D eigenvalue weighted by Gasteiger charge is 2.14. The Hall–Kier alpha value is -2.55. The predicted octanol–water partition coefficient (Wildman–Crippen LogP) is 3.28. The molecule has 3 nitrogen and oxygen atoms in total. The van der Waals surface area contributed by atoms with Crippen LogP contribution in [0.3, 0.4) is 0 Å². The molecule has 0 saturated carbocycles. The van der Waals surface area contributed by atoms with Gasteiger partial charge in [0.15, 0.2) is 0 Å². The molecule has 0 unspecified atom stereocenters. The van der Waals surface area contributed by atoms with E-state index in [4.69, 9.17) is 0 Å². The van der Waals surface area contributed by atoms with Crippen molar-refractivity contribution in [3.8, 4) is 11.3 Å². The van der Waals surface area contributed by atoms with Gasteiger partial charge in [-0.25, -0.2) is 4.98 Å². The van der Waals surface area contributed by atoms with E-state index in [1.807, 2.05) is 42.6 Å². The van der Waals surface area contributed by atoms with Crippen LogP contribution in [0.4, 0.5) is 0 Å². The molecule has 0 saturated heterocycles. The lowest BCUT2D eigenvalue weighted by atomic mass is 10.1. The smallest absolute Gasteiger partial charge is 0.115 e. The second-order valence-corrected chi connectivity index (χ2v) is 4.21. The van der Waals surface area contributed by atoms with Gasteiger partial charge >= 0.3 is 0 Å². The largest absolute Gasteiger partial charge is 0.255 e. The van der Waals surface area contributed by atoms with Crippen molar-refractivity contribution in [3.05, 3.63) is 54.9 Å². The number of benzene rings is 1. The zero-order valence-electron chi connectivity index (χ0n) is 9.54. The molecular weight excluding hydrogens is 222 g/mol. The van der Waals surface area contributed by atoms with Gasteiger partial charge in [-0.3, -0.25) is 9.97 Å². The van der Waals surface area contributed by atoms with Gasteiger partial charge in [-0.1, -0.05) is 18.2 Å². The third-order valence-corrected chi connectivity index (χ3v) is 3.15. The van der Waals surface area contributed by atoms with Crippen LogP contribution in [0.5, 0.6) is 0 Å². The molecule has 2 aliphatic rings. The number of rotatable bonds is 0. The Morgan fingerprint density at radius 2 is 1.61 bits per heavy atom. The van der Waals surface area contributed by atoms with Crippen LogP contribution >= 0.6 is 0 Å². The number of hydrogen-bond donors (Lipinski definition) is 0. The van der Waals surface area contributed by atoms with Crippen LogP contribution < -0.4 is 0 Å². The molecule has 3 heteroatoms. The van der Waals surface area contributed by atoms with E-state index in [-0.39, 0.29) is 0 Å². The molecule has 0 fully saturated rings. The third-order valence-electron chi connectivity index (χ3n) is 3.15. The van der Waals surface area contributed by atoms with Gasteiger partial charge in [0, 0.05) is 23.3 Å². The van der Waals surface area contributed by atoms with Crippen molar-refractivity contribution < 1.29 is 0 Å². The quantitative estimate of drug-likeness (QED) is 0.466. The first-order valence-corrected chi connectivity index (χ1v) is 5.82. The number of aromatic nitrogens is 3. The van der Waals surface area contributed by atoms with E-state index in [9.17, 15) is 0 Å². The van der Waals surface area contributed by atoms with Gasteiger partial charge in [0.25, 0.3) is 0 Å². The van der Waals surface area contributed by atoms with E-state index >= 15 is 0 Å². The van der Waals surface area contributed by atoms with Crippen molar-refractivity contribution in [1.29, 1.82) is 0 Å². The fourth-order valence-electron chi connectivity index (χ4n) is 2.33. The zero-order chi connectivity index (χ0) is 11.9. The fraction of sp³-hybridized carbons (Fsp3) is 0. The highest BCUT2D eigenvalue weighted by Crippen LogP contribution is 2.33. The Kier molecular flexibility index (Phi) is 1.83. The van der Waals surface area contributed by atoms with Crippen molar-refractivity contribution in [3.63, 3.8) is 0 Å². The maximum Gasteiger partial charge on any atom is 0.115 e. The standard InChI is InChI=1S/C15H9N3/c1-2-5-12-10(4-1)11-7-9-16-13-6-3-8-17-15(13)14(11)18-12/h1-9H. The molecule has 0 aliphatic carbocycles. The van der Waals surface area contributed by atoms with E-state index in [0.717, 1.165) is 33.2 Å². The predicted molar refractivity (Wildman–Crippen MR) is 71.5 cm³/mol. The summed E-state index contributed by atoms with van der Waals surface area (Å²) in [4.78, 5) is 13.5. The maximum absolute atomic E-state index is 4.68. The van der Waals surface area contributed by atoms with E-state index in [2.05, 4.69) is 21.0 Å².